The summed E-state index contributed by atoms with van der Waals surface area (Å²) in [5.41, 5.74) is -0.885. The van der Waals surface area contributed by atoms with E-state index in [-0.39, 0.29) is 11.1 Å². The molecule has 1 aromatic carbocycles. The third kappa shape index (κ3) is 4.47. The number of aliphatic carboxylic acids is 1. The average Bonchev–Trinajstić information content (AvgIpc) is 2.32. The molecule has 0 saturated carbocycles. The van der Waals surface area contributed by atoms with Gasteiger partial charge in [0.1, 0.15) is 6.04 Å². The number of carbonyl (C=O) groups excluding carboxylic acids is 1. The molecule has 0 aliphatic rings. The molecule has 116 valence electrons. The van der Waals surface area contributed by atoms with E-state index in [1.54, 1.807) is 13.8 Å². The Morgan fingerprint density at radius 1 is 1.19 bits per heavy atom. The summed E-state index contributed by atoms with van der Waals surface area (Å²) in [4.78, 5) is 23.0. The Morgan fingerprint density at radius 3 is 2.19 bits per heavy atom. The number of alkyl halides is 3. The van der Waals surface area contributed by atoms with Crippen molar-refractivity contribution in [3.63, 3.8) is 0 Å². The maximum Gasteiger partial charge on any atom is 0.416 e. The molecule has 0 saturated heterocycles. The van der Waals surface area contributed by atoms with Crippen LogP contribution >= 0.6 is 0 Å². The number of carbonyl (C=O) groups is 2. The largest absolute Gasteiger partial charge is 0.480 e. The molecule has 21 heavy (non-hydrogen) atoms. The van der Waals surface area contributed by atoms with Crippen LogP contribution in [0.15, 0.2) is 18.2 Å². The molecule has 1 amide bonds. The van der Waals surface area contributed by atoms with Gasteiger partial charge in [0.2, 0.25) is 0 Å². The molecule has 0 aliphatic heterocycles. The number of carboxylic acid groups (broad SMARTS) is 1. The Balaban J connectivity index is 3.08. The van der Waals surface area contributed by atoms with E-state index >= 15 is 0 Å². The SMILES string of the molecule is Cc1cc(C(=O)NC(C(=O)O)C(C)C)cc(C(F)(F)F)c1. The molecule has 0 bridgehead atoms. The Bertz CT molecular complexity index is 553. The smallest absolute Gasteiger partial charge is 0.416 e. The van der Waals surface area contributed by atoms with Crippen LogP contribution in [0.25, 0.3) is 0 Å². The van der Waals surface area contributed by atoms with Crippen molar-refractivity contribution >= 4 is 11.9 Å². The van der Waals surface area contributed by atoms with Crippen molar-refractivity contribution in [1.82, 2.24) is 5.32 Å². The quantitative estimate of drug-likeness (QED) is 0.899. The second-order valence-electron chi connectivity index (χ2n) is 5.12. The van der Waals surface area contributed by atoms with E-state index in [2.05, 4.69) is 5.32 Å². The first-order valence-electron chi connectivity index (χ1n) is 6.25. The van der Waals surface area contributed by atoms with Gasteiger partial charge in [0.15, 0.2) is 0 Å². The van der Waals surface area contributed by atoms with Crippen LogP contribution in [-0.4, -0.2) is 23.0 Å². The lowest BCUT2D eigenvalue weighted by atomic mass is 10.0. The van der Waals surface area contributed by atoms with E-state index < -0.39 is 35.6 Å². The maximum absolute atomic E-state index is 12.7. The van der Waals surface area contributed by atoms with Crippen LogP contribution in [-0.2, 0) is 11.0 Å². The van der Waals surface area contributed by atoms with Gasteiger partial charge in [0.25, 0.3) is 5.91 Å². The molecule has 1 rings (SSSR count). The van der Waals surface area contributed by atoms with E-state index in [1.807, 2.05) is 0 Å². The molecule has 0 aliphatic carbocycles. The zero-order valence-corrected chi connectivity index (χ0v) is 11.8. The highest BCUT2D eigenvalue weighted by molar-refractivity contribution is 5.97. The lowest BCUT2D eigenvalue weighted by molar-refractivity contribution is -0.140. The monoisotopic (exact) mass is 303 g/mol. The molecule has 0 fully saturated rings. The van der Waals surface area contributed by atoms with Crippen molar-refractivity contribution in [3.05, 3.63) is 34.9 Å². The van der Waals surface area contributed by atoms with Gasteiger partial charge < -0.3 is 10.4 Å². The number of halogens is 3. The van der Waals surface area contributed by atoms with Crippen LogP contribution in [0.1, 0.15) is 35.3 Å². The van der Waals surface area contributed by atoms with Crippen LogP contribution in [0.4, 0.5) is 13.2 Å². The van der Waals surface area contributed by atoms with Gasteiger partial charge in [-0.3, -0.25) is 4.79 Å². The molecule has 1 aromatic rings. The van der Waals surface area contributed by atoms with Crippen molar-refractivity contribution in [1.29, 1.82) is 0 Å². The van der Waals surface area contributed by atoms with Crippen molar-refractivity contribution in [2.24, 2.45) is 5.92 Å². The van der Waals surface area contributed by atoms with Gasteiger partial charge in [-0.25, -0.2) is 4.79 Å². The first-order valence-corrected chi connectivity index (χ1v) is 6.25. The van der Waals surface area contributed by atoms with Gasteiger partial charge >= 0.3 is 12.1 Å². The normalized spacial score (nSPS) is 13.1. The number of hydrogen-bond donors (Lipinski definition) is 2. The van der Waals surface area contributed by atoms with E-state index in [0.29, 0.717) is 6.07 Å². The second-order valence-corrected chi connectivity index (χ2v) is 5.12. The van der Waals surface area contributed by atoms with Gasteiger partial charge in [-0.2, -0.15) is 13.2 Å². The fraction of sp³-hybridized carbons (Fsp3) is 0.429. The third-order valence-corrected chi connectivity index (χ3v) is 2.89. The molecule has 1 unspecified atom stereocenters. The molecule has 0 spiro atoms. The zero-order valence-electron chi connectivity index (χ0n) is 11.8. The highest BCUT2D eigenvalue weighted by Crippen LogP contribution is 2.30. The number of hydrogen-bond acceptors (Lipinski definition) is 2. The summed E-state index contributed by atoms with van der Waals surface area (Å²) in [5, 5.41) is 11.2. The maximum atomic E-state index is 12.7. The Hall–Kier alpha value is -2.05. The first kappa shape index (κ1) is 17.0. The lowest BCUT2D eigenvalue weighted by Gasteiger charge is -2.18. The summed E-state index contributed by atoms with van der Waals surface area (Å²) >= 11 is 0. The van der Waals surface area contributed by atoms with Gasteiger partial charge in [-0.15, -0.1) is 0 Å². The van der Waals surface area contributed by atoms with Crippen molar-refractivity contribution < 1.29 is 27.9 Å². The van der Waals surface area contributed by atoms with Crippen molar-refractivity contribution in [3.8, 4) is 0 Å². The Labute approximate surface area is 120 Å². The number of aryl methyl sites for hydroxylation is 1. The number of nitrogens with one attached hydrogen (secondary N) is 1. The minimum atomic E-state index is -4.56. The summed E-state index contributed by atoms with van der Waals surface area (Å²) in [6.07, 6.45) is -4.56. The zero-order chi connectivity index (χ0) is 16.4. The topological polar surface area (TPSA) is 66.4 Å². The summed E-state index contributed by atoms with van der Waals surface area (Å²) in [7, 11) is 0. The second kappa shape index (κ2) is 6.15. The molecule has 0 aromatic heterocycles. The summed E-state index contributed by atoms with van der Waals surface area (Å²) in [5.74, 6) is -2.47. The predicted octanol–water partition coefficient (Wildman–Crippen LogP) is 2.85. The standard InChI is InChI=1S/C14H16F3NO3/c1-7(2)11(13(20)21)18-12(19)9-4-8(3)5-10(6-9)14(15,16)17/h4-7,11H,1-3H3,(H,18,19)(H,20,21). The number of benzene rings is 1. The van der Waals surface area contributed by atoms with E-state index in [0.717, 1.165) is 6.07 Å². The van der Waals surface area contributed by atoms with Crippen LogP contribution in [0.5, 0.6) is 0 Å². The van der Waals surface area contributed by atoms with Gasteiger partial charge in [0, 0.05) is 5.56 Å². The van der Waals surface area contributed by atoms with Gasteiger partial charge in [0.05, 0.1) is 5.56 Å². The van der Waals surface area contributed by atoms with Crippen molar-refractivity contribution in [2.75, 3.05) is 0 Å². The molecule has 2 N–H and O–H groups in total. The Morgan fingerprint density at radius 2 is 1.76 bits per heavy atom. The van der Waals surface area contributed by atoms with E-state index in [4.69, 9.17) is 5.11 Å². The number of amides is 1. The van der Waals surface area contributed by atoms with Gasteiger partial charge in [-0.05, 0) is 36.6 Å². The lowest BCUT2D eigenvalue weighted by Crippen LogP contribution is -2.44. The van der Waals surface area contributed by atoms with Crippen LogP contribution in [0.2, 0.25) is 0 Å². The first-order chi connectivity index (χ1) is 9.52. The van der Waals surface area contributed by atoms with Crippen LogP contribution < -0.4 is 5.32 Å². The molecule has 7 heteroatoms. The molecular weight excluding hydrogens is 287 g/mol. The fourth-order valence-corrected chi connectivity index (χ4v) is 1.82. The summed E-state index contributed by atoms with van der Waals surface area (Å²) in [6.45, 7) is 4.62. The van der Waals surface area contributed by atoms with Crippen molar-refractivity contribution in [2.45, 2.75) is 33.0 Å². The predicted molar refractivity (Wildman–Crippen MR) is 69.9 cm³/mol. The average molecular weight is 303 g/mol. The third-order valence-electron chi connectivity index (χ3n) is 2.89. The highest BCUT2D eigenvalue weighted by Gasteiger charge is 2.32. The van der Waals surface area contributed by atoms with E-state index in [9.17, 15) is 22.8 Å². The minimum Gasteiger partial charge on any atom is -0.480 e. The highest BCUT2D eigenvalue weighted by atomic mass is 19.4. The van der Waals surface area contributed by atoms with Crippen LogP contribution in [0, 0.1) is 12.8 Å². The number of rotatable bonds is 4. The van der Waals surface area contributed by atoms with Gasteiger partial charge in [-0.1, -0.05) is 13.8 Å². The molecule has 4 nitrogen and oxygen atoms in total. The molecule has 0 heterocycles. The van der Waals surface area contributed by atoms with E-state index in [1.165, 1.54) is 13.0 Å². The van der Waals surface area contributed by atoms with Crippen LogP contribution in [0.3, 0.4) is 0 Å². The summed E-state index contributed by atoms with van der Waals surface area (Å²) in [6, 6.07) is 1.76. The molecule has 0 radical (unpaired) electrons. The minimum absolute atomic E-state index is 0.214. The molecule has 1 atom stereocenters. The fourth-order valence-electron chi connectivity index (χ4n) is 1.82. The Kier molecular flexibility index (Phi) is 4.98. The number of carboxylic acids is 1. The molecular formula is C14H16F3NO3. The summed E-state index contributed by atoms with van der Waals surface area (Å²) < 4.78 is 38.1.